The maximum atomic E-state index is 6.17. The molecule has 2 heterocycles. The molecular weight excluding hydrogens is 176 g/mol. The minimum absolute atomic E-state index is 0.0870. The van der Waals surface area contributed by atoms with Crippen molar-refractivity contribution in [1.82, 2.24) is 15.2 Å². The number of nitrogens with zero attached hydrogens (tertiary/aromatic N) is 1. The molecule has 2 atom stereocenters. The second kappa shape index (κ2) is 4.13. The molecule has 4 N–H and O–H groups in total. The molecule has 1 aliphatic rings. The van der Waals surface area contributed by atoms with E-state index in [0.29, 0.717) is 6.04 Å². The third-order valence-corrected chi connectivity index (χ3v) is 2.85. The van der Waals surface area contributed by atoms with E-state index in [2.05, 4.69) is 22.2 Å². The Morgan fingerprint density at radius 3 is 3.14 bits per heavy atom. The van der Waals surface area contributed by atoms with Gasteiger partial charge in [-0.15, -0.1) is 0 Å². The standard InChI is InChI=1S/C10H18N4/c1-14-5-4-13-9(7-14)10(11)8-2-3-12-6-8/h2-3,6,9-10,12-13H,4-5,7,11H2,1H3. The van der Waals surface area contributed by atoms with Gasteiger partial charge in [0.15, 0.2) is 0 Å². The smallest absolute Gasteiger partial charge is 0.0478 e. The lowest BCUT2D eigenvalue weighted by Crippen LogP contribution is -2.53. The highest BCUT2D eigenvalue weighted by atomic mass is 15.2. The van der Waals surface area contributed by atoms with Crippen molar-refractivity contribution in [2.75, 3.05) is 26.7 Å². The van der Waals surface area contributed by atoms with Crippen LogP contribution in [0.4, 0.5) is 0 Å². The normalized spacial score (nSPS) is 26.3. The molecule has 0 amide bonds. The van der Waals surface area contributed by atoms with E-state index in [1.165, 1.54) is 5.56 Å². The maximum absolute atomic E-state index is 6.17. The van der Waals surface area contributed by atoms with Crippen molar-refractivity contribution in [2.24, 2.45) is 5.73 Å². The van der Waals surface area contributed by atoms with Gasteiger partial charge in [-0.1, -0.05) is 0 Å². The van der Waals surface area contributed by atoms with Gasteiger partial charge >= 0.3 is 0 Å². The molecule has 0 bridgehead atoms. The summed E-state index contributed by atoms with van der Waals surface area (Å²) < 4.78 is 0. The first-order valence-electron chi connectivity index (χ1n) is 5.07. The van der Waals surface area contributed by atoms with E-state index in [-0.39, 0.29) is 6.04 Å². The molecule has 1 saturated heterocycles. The van der Waals surface area contributed by atoms with Gasteiger partial charge in [0, 0.05) is 44.1 Å². The number of piperazine rings is 1. The third-order valence-electron chi connectivity index (χ3n) is 2.85. The lowest BCUT2D eigenvalue weighted by Gasteiger charge is -2.34. The fourth-order valence-electron chi connectivity index (χ4n) is 1.95. The molecule has 0 aromatic carbocycles. The lowest BCUT2D eigenvalue weighted by molar-refractivity contribution is 0.220. The van der Waals surface area contributed by atoms with Gasteiger partial charge in [-0.2, -0.15) is 0 Å². The predicted molar refractivity (Wildman–Crippen MR) is 57.0 cm³/mol. The molecule has 1 aliphatic heterocycles. The number of nitrogens with one attached hydrogen (secondary N) is 2. The molecule has 78 valence electrons. The summed E-state index contributed by atoms with van der Waals surface area (Å²) in [6, 6.07) is 2.49. The summed E-state index contributed by atoms with van der Waals surface area (Å²) in [5.41, 5.74) is 7.35. The van der Waals surface area contributed by atoms with Crippen LogP contribution < -0.4 is 11.1 Å². The molecule has 1 fully saturated rings. The molecule has 1 aromatic rings. The van der Waals surface area contributed by atoms with Crippen molar-refractivity contribution in [1.29, 1.82) is 0 Å². The molecule has 2 unspecified atom stereocenters. The van der Waals surface area contributed by atoms with Gasteiger partial charge in [-0.25, -0.2) is 0 Å². The molecule has 4 heteroatoms. The van der Waals surface area contributed by atoms with Crippen molar-refractivity contribution in [2.45, 2.75) is 12.1 Å². The number of rotatable bonds is 2. The number of likely N-dealkylation sites (N-methyl/N-ethyl adjacent to an activating group) is 1. The van der Waals surface area contributed by atoms with Gasteiger partial charge in [0.1, 0.15) is 0 Å². The van der Waals surface area contributed by atoms with Crippen LogP contribution in [-0.4, -0.2) is 42.6 Å². The highest BCUT2D eigenvalue weighted by Crippen LogP contribution is 2.15. The van der Waals surface area contributed by atoms with Crippen LogP contribution in [0.15, 0.2) is 18.5 Å². The molecule has 1 aromatic heterocycles. The summed E-state index contributed by atoms with van der Waals surface area (Å²) in [5, 5.41) is 3.46. The van der Waals surface area contributed by atoms with Crippen molar-refractivity contribution in [3.63, 3.8) is 0 Å². The molecule has 4 nitrogen and oxygen atoms in total. The van der Waals surface area contributed by atoms with E-state index >= 15 is 0 Å². The Bertz CT molecular complexity index is 270. The molecule has 2 rings (SSSR count). The summed E-state index contributed by atoms with van der Waals surface area (Å²) in [7, 11) is 2.14. The second-order valence-electron chi connectivity index (χ2n) is 3.99. The van der Waals surface area contributed by atoms with Crippen molar-refractivity contribution < 1.29 is 0 Å². The molecule has 0 radical (unpaired) electrons. The van der Waals surface area contributed by atoms with Crippen LogP contribution >= 0.6 is 0 Å². The van der Waals surface area contributed by atoms with Gasteiger partial charge in [0.25, 0.3) is 0 Å². The zero-order chi connectivity index (χ0) is 9.97. The first-order valence-corrected chi connectivity index (χ1v) is 5.07. The van der Waals surface area contributed by atoms with Crippen LogP contribution in [0.25, 0.3) is 0 Å². The largest absolute Gasteiger partial charge is 0.367 e. The van der Waals surface area contributed by atoms with E-state index in [0.717, 1.165) is 19.6 Å². The van der Waals surface area contributed by atoms with Crippen molar-refractivity contribution in [3.05, 3.63) is 24.0 Å². The number of hydrogen-bond acceptors (Lipinski definition) is 3. The van der Waals surface area contributed by atoms with E-state index < -0.39 is 0 Å². The summed E-state index contributed by atoms with van der Waals surface area (Å²) in [6.45, 7) is 3.15. The molecule has 0 saturated carbocycles. The quantitative estimate of drug-likeness (QED) is 0.617. The van der Waals surface area contributed by atoms with E-state index in [9.17, 15) is 0 Å². The first kappa shape index (κ1) is 9.71. The second-order valence-corrected chi connectivity index (χ2v) is 3.99. The zero-order valence-electron chi connectivity index (χ0n) is 8.53. The van der Waals surface area contributed by atoms with Crippen LogP contribution in [0, 0.1) is 0 Å². The van der Waals surface area contributed by atoms with E-state index in [1.54, 1.807) is 0 Å². The van der Waals surface area contributed by atoms with E-state index in [1.807, 2.05) is 18.5 Å². The topological polar surface area (TPSA) is 57.1 Å². The zero-order valence-corrected chi connectivity index (χ0v) is 8.53. The molecule has 0 spiro atoms. The number of nitrogens with two attached hydrogens (primary N) is 1. The minimum Gasteiger partial charge on any atom is -0.367 e. The summed E-state index contributed by atoms with van der Waals surface area (Å²) in [6.07, 6.45) is 3.89. The molecule has 14 heavy (non-hydrogen) atoms. The van der Waals surface area contributed by atoms with Crippen LogP contribution in [0.5, 0.6) is 0 Å². The van der Waals surface area contributed by atoms with Gasteiger partial charge in [0.2, 0.25) is 0 Å². The average Bonchev–Trinajstić information content (AvgIpc) is 2.69. The number of hydrogen-bond donors (Lipinski definition) is 3. The Balaban J connectivity index is 2.00. The van der Waals surface area contributed by atoms with Gasteiger partial charge in [-0.05, 0) is 18.7 Å². The monoisotopic (exact) mass is 194 g/mol. The van der Waals surface area contributed by atoms with Gasteiger partial charge in [-0.3, -0.25) is 0 Å². The average molecular weight is 194 g/mol. The highest BCUT2D eigenvalue weighted by molar-refractivity contribution is 5.16. The third kappa shape index (κ3) is 1.97. The van der Waals surface area contributed by atoms with Gasteiger partial charge in [0.05, 0.1) is 0 Å². The Hall–Kier alpha value is -0.840. The van der Waals surface area contributed by atoms with Crippen molar-refractivity contribution in [3.8, 4) is 0 Å². The SMILES string of the molecule is CN1CCNC(C(N)c2cc[nH]c2)C1. The van der Waals surface area contributed by atoms with Gasteiger partial charge < -0.3 is 20.9 Å². The van der Waals surface area contributed by atoms with Crippen LogP contribution in [0.3, 0.4) is 0 Å². The maximum Gasteiger partial charge on any atom is 0.0478 e. The highest BCUT2D eigenvalue weighted by Gasteiger charge is 2.23. The van der Waals surface area contributed by atoms with Crippen LogP contribution in [0.2, 0.25) is 0 Å². The fourth-order valence-corrected chi connectivity index (χ4v) is 1.95. The number of aromatic amines is 1. The Kier molecular flexibility index (Phi) is 2.86. The Morgan fingerprint density at radius 1 is 1.64 bits per heavy atom. The van der Waals surface area contributed by atoms with Crippen LogP contribution in [0.1, 0.15) is 11.6 Å². The summed E-state index contributed by atoms with van der Waals surface area (Å²) in [4.78, 5) is 5.35. The summed E-state index contributed by atoms with van der Waals surface area (Å²) in [5.74, 6) is 0. The van der Waals surface area contributed by atoms with Crippen molar-refractivity contribution >= 4 is 0 Å². The molecular formula is C10H18N4. The first-order chi connectivity index (χ1) is 6.77. The summed E-state index contributed by atoms with van der Waals surface area (Å²) >= 11 is 0. The fraction of sp³-hybridized carbons (Fsp3) is 0.600. The predicted octanol–water partition coefficient (Wildman–Crippen LogP) is -0.0819. The number of H-pyrrole nitrogens is 1. The van der Waals surface area contributed by atoms with E-state index in [4.69, 9.17) is 5.73 Å². The number of aromatic nitrogens is 1. The minimum atomic E-state index is 0.0870. The Labute approximate surface area is 84.5 Å². The molecule has 0 aliphatic carbocycles. The van der Waals surface area contributed by atoms with Crippen LogP contribution in [-0.2, 0) is 0 Å². The Morgan fingerprint density at radius 2 is 2.50 bits per heavy atom. The lowest BCUT2D eigenvalue weighted by atomic mass is 10.0.